The fourth-order valence-electron chi connectivity index (χ4n) is 6.29. The molecule has 0 amide bonds. The van der Waals surface area contributed by atoms with E-state index in [0.29, 0.717) is 6.54 Å². The predicted octanol–water partition coefficient (Wildman–Crippen LogP) is 5.47. The Morgan fingerprint density at radius 3 is 2.48 bits per heavy atom. The number of carbonyl (C=O) groups excluding carboxylic acids is 1. The molecule has 210 valence electrons. The molecule has 0 saturated carbocycles. The fraction of sp³-hybridized carbons (Fsp3) is 0.455. The van der Waals surface area contributed by atoms with Crippen LogP contribution in [0.2, 0.25) is 0 Å². The van der Waals surface area contributed by atoms with Crippen LogP contribution in [0.1, 0.15) is 41.6 Å². The summed E-state index contributed by atoms with van der Waals surface area (Å²) in [7, 11) is 0. The minimum Gasteiger partial charge on any atom is -0.379 e. The highest BCUT2D eigenvalue weighted by molar-refractivity contribution is 7.16. The quantitative estimate of drug-likeness (QED) is 0.191. The van der Waals surface area contributed by atoms with Crippen LogP contribution in [0.25, 0.3) is 21.0 Å². The summed E-state index contributed by atoms with van der Waals surface area (Å²) in [6, 6.07) is 20.7. The number of benzene rings is 3. The van der Waals surface area contributed by atoms with E-state index < -0.39 is 0 Å². The number of rotatable bonds is 10. The van der Waals surface area contributed by atoms with Crippen LogP contribution in [0.5, 0.6) is 0 Å². The van der Waals surface area contributed by atoms with Crippen LogP contribution >= 0.6 is 11.3 Å². The van der Waals surface area contributed by atoms with E-state index >= 15 is 0 Å². The monoisotopic (exact) mass is 557 g/mol. The van der Waals surface area contributed by atoms with E-state index in [9.17, 15) is 9.59 Å². The van der Waals surface area contributed by atoms with Gasteiger partial charge in [0.05, 0.1) is 23.4 Å². The molecule has 7 heteroatoms. The molecule has 6 rings (SSSR count). The number of fused-ring (bicyclic) bond motifs is 2. The molecular weight excluding hydrogens is 518 g/mol. The van der Waals surface area contributed by atoms with Crippen molar-refractivity contribution < 1.29 is 9.53 Å². The van der Waals surface area contributed by atoms with Gasteiger partial charge in [-0.15, -0.1) is 0 Å². The highest BCUT2D eigenvalue weighted by Gasteiger charge is 2.26. The van der Waals surface area contributed by atoms with Gasteiger partial charge in [-0.2, -0.15) is 0 Å². The lowest BCUT2D eigenvalue weighted by Gasteiger charge is -2.31. The number of aromatic nitrogens is 1. The number of hydrogen-bond donors (Lipinski definition) is 0. The van der Waals surface area contributed by atoms with E-state index in [1.54, 1.807) is 0 Å². The molecule has 0 bridgehead atoms. The van der Waals surface area contributed by atoms with Gasteiger partial charge in [0.15, 0.2) is 5.78 Å². The smallest absolute Gasteiger partial charge is 0.308 e. The molecule has 0 N–H and O–H groups in total. The highest BCUT2D eigenvalue weighted by atomic mass is 32.1. The molecule has 0 spiro atoms. The molecule has 1 aromatic heterocycles. The lowest BCUT2D eigenvalue weighted by atomic mass is 9.87. The average Bonchev–Trinajstić information content (AvgIpc) is 3.32. The summed E-state index contributed by atoms with van der Waals surface area (Å²) in [5.74, 6) is 0.340. The molecule has 3 heterocycles. The van der Waals surface area contributed by atoms with Crippen LogP contribution in [0.15, 0.2) is 65.5 Å². The number of hydrogen-bond acceptors (Lipinski definition) is 6. The number of likely N-dealkylation sites (tertiary alicyclic amines) is 1. The maximum absolute atomic E-state index is 13.4. The number of ketones is 1. The van der Waals surface area contributed by atoms with Crippen molar-refractivity contribution in [3.63, 3.8) is 0 Å². The van der Waals surface area contributed by atoms with Gasteiger partial charge in [0, 0.05) is 37.7 Å². The summed E-state index contributed by atoms with van der Waals surface area (Å²) in [4.78, 5) is 31.3. The molecule has 2 aliphatic rings. The van der Waals surface area contributed by atoms with E-state index in [0.717, 1.165) is 105 Å². The van der Waals surface area contributed by atoms with Crippen molar-refractivity contribution in [2.24, 2.45) is 5.92 Å². The summed E-state index contributed by atoms with van der Waals surface area (Å²) in [6.07, 6.45) is 5.15. The van der Waals surface area contributed by atoms with Crippen LogP contribution in [0, 0.1) is 5.92 Å². The second kappa shape index (κ2) is 12.8. The Bertz CT molecular complexity index is 1510. The average molecular weight is 558 g/mol. The van der Waals surface area contributed by atoms with Crippen LogP contribution in [-0.4, -0.2) is 72.6 Å². The van der Waals surface area contributed by atoms with Crippen molar-refractivity contribution in [2.45, 2.75) is 38.6 Å². The molecule has 40 heavy (non-hydrogen) atoms. The molecule has 0 aliphatic carbocycles. The number of ether oxygens (including phenoxy) is 1. The van der Waals surface area contributed by atoms with Crippen molar-refractivity contribution in [2.75, 3.05) is 52.5 Å². The van der Waals surface area contributed by atoms with Gasteiger partial charge in [-0.1, -0.05) is 59.9 Å². The van der Waals surface area contributed by atoms with Crippen molar-refractivity contribution in [1.29, 1.82) is 0 Å². The van der Waals surface area contributed by atoms with E-state index in [1.807, 2.05) is 28.8 Å². The maximum atomic E-state index is 13.4. The first-order valence-electron chi connectivity index (χ1n) is 14.8. The number of piperidine rings is 1. The Labute approximate surface area is 240 Å². The Kier molecular flexibility index (Phi) is 8.73. The number of Topliss-reactive ketones (excluding diaryl/α,β-unsaturated/α-hetero) is 1. The van der Waals surface area contributed by atoms with Gasteiger partial charge in [-0.3, -0.25) is 19.1 Å². The third-order valence-corrected chi connectivity index (χ3v) is 9.62. The molecule has 4 aromatic rings. The Balaban J connectivity index is 1.00. The van der Waals surface area contributed by atoms with Crippen LogP contribution < -0.4 is 4.87 Å². The van der Waals surface area contributed by atoms with Crippen molar-refractivity contribution >= 4 is 38.1 Å². The van der Waals surface area contributed by atoms with Crippen LogP contribution in [0.3, 0.4) is 0 Å². The zero-order valence-corrected chi connectivity index (χ0v) is 24.0. The minimum atomic E-state index is 0.0686. The van der Waals surface area contributed by atoms with Gasteiger partial charge < -0.3 is 9.64 Å². The topological polar surface area (TPSA) is 54.8 Å². The number of carbonyl (C=O) groups is 1. The minimum absolute atomic E-state index is 0.0686. The second-order valence-electron chi connectivity index (χ2n) is 11.2. The Morgan fingerprint density at radius 1 is 0.850 bits per heavy atom. The first-order chi connectivity index (χ1) is 19.7. The predicted molar refractivity (Wildman–Crippen MR) is 164 cm³/mol. The van der Waals surface area contributed by atoms with E-state index in [1.165, 1.54) is 23.3 Å². The molecule has 6 nitrogen and oxygen atoms in total. The zero-order chi connectivity index (χ0) is 27.3. The van der Waals surface area contributed by atoms with Crippen molar-refractivity contribution in [3.8, 4) is 0 Å². The van der Waals surface area contributed by atoms with Crippen LogP contribution in [0.4, 0.5) is 0 Å². The number of unbranched alkanes of at least 4 members (excludes halogenated alkanes) is 1. The van der Waals surface area contributed by atoms with Gasteiger partial charge in [0.25, 0.3) is 0 Å². The maximum Gasteiger partial charge on any atom is 0.308 e. The first-order valence-corrected chi connectivity index (χ1v) is 15.6. The molecular formula is C33H39N3O3S. The summed E-state index contributed by atoms with van der Waals surface area (Å²) >= 11 is 1.37. The summed E-state index contributed by atoms with van der Waals surface area (Å²) < 4.78 is 8.47. The second-order valence-corrected chi connectivity index (χ2v) is 12.2. The molecule has 0 unspecified atom stereocenters. The van der Waals surface area contributed by atoms with E-state index in [-0.39, 0.29) is 16.6 Å². The molecule has 3 aromatic carbocycles. The number of thiazole rings is 1. The van der Waals surface area contributed by atoms with Gasteiger partial charge in [-0.05, 0) is 80.2 Å². The summed E-state index contributed by atoms with van der Waals surface area (Å²) in [6.45, 7) is 8.28. The molecule has 0 radical (unpaired) electrons. The van der Waals surface area contributed by atoms with Gasteiger partial charge in [0.2, 0.25) is 0 Å². The van der Waals surface area contributed by atoms with Crippen molar-refractivity contribution in [3.05, 3.63) is 81.5 Å². The number of nitrogens with zero attached hydrogens (tertiary/aromatic N) is 3. The number of aryl methyl sites for hydroxylation is 1. The molecule has 0 atom stereocenters. The van der Waals surface area contributed by atoms with E-state index in [4.69, 9.17) is 4.74 Å². The third-order valence-electron chi connectivity index (χ3n) is 8.68. The number of morpholine rings is 1. The van der Waals surface area contributed by atoms with Gasteiger partial charge in [0.1, 0.15) is 0 Å². The van der Waals surface area contributed by atoms with E-state index in [2.05, 4.69) is 46.2 Å². The standard InChI is InChI=1S/C33H39N3O3S/c37-32(29-10-5-8-26-7-1-2-9-28(26)29)27-13-16-35(17-14-27)18-19-36-30-12-11-25(24-31(30)40-33(36)38)6-3-4-15-34-20-22-39-23-21-34/h1-2,5,7-12,24,27H,3-4,6,13-23H2. The summed E-state index contributed by atoms with van der Waals surface area (Å²) in [5, 5.41) is 2.17. The first kappa shape index (κ1) is 27.3. The largest absolute Gasteiger partial charge is 0.379 e. The zero-order valence-electron chi connectivity index (χ0n) is 23.2. The molecule has 2 saturated heterocycles. The normalized spacial score (nSPS) is 17.6. The van der Waals surface area contributed by atoms with Gasteiger partial charge >= 0.3 is 4.87 Å². The Morgan fingerprint density at radius 2 is 1.62 bits per heavy atom. The SMILES string of the molecule is O=C(c1cccc2ccccc12)C1CCN(CCn2c(=O)sc3cc(CCCCN4CCOCC4)ccc32)CC1. The highest BCUT2D eigenvalue weighted by Crippen LogP contribution is 2.27. The summed E-state index contributed by atoms with van der Waals surface area (Å²) in [5.41, 5.74) is 3.22. The third kappa shape index (κ3) is 6.23. The fourth-order valence-corrected chi connectivity index (χ4v) is 7.27. The lowest BCUT2D eigenvalue weighted by molar-refractivity contribution is 0.0372. The molecule has 2 fully saturated rings. The van der Waals surface area contributed by atoms with Gasteiger partial charge in [-0.25, -0.2) is 0 Å². The van der Waals surface area contributed by atoms with Crippen LogP contribution in [-0.2, 0) is 17.7 Å². The van der Waals surface area contributed by atoms with Crippen molar-refractivity contribution in [1.82, 2.24) is 14.4 Å². The lowest BCUT2D eigenvalue weighted by Crippen LogP contribution is -2.38. The molecule has 2 aliphatic heterocycles. The Hall–Kier alpha value is -2.84.